The average molecular weight is 666 g/mol. The lowest BCUT2D eigenvalue weighted by molar-refractivity contribution is -0.133. The third-order valence-electron chi connectivity index (χ3n) is 8.16. The molecule has 0 bridgehead atoms. The summed E-state index contributed by atoms with van der Waals surface area (Å²) in [5.41, 5.74) is 6.71. The van der Waals surface area contributed by atoms with E-state index in [4.69, 9.17) is 31.8 Å². The smallest absolute Gasteiger partial charge is 0.327 e. The standard InChI is InChI=1S/C33H37ClFN7O5/c1-5-26(36)32(44)39-14-16-40(17-15-39)42-30(38-27-18-21(34)6-12-25(27)31(42)43)20(2)41(28-13-11-24(46-3)19-29(28)47-4)33(45)37-23-9-7-22(35)8-10-23/h6-13,18-20,26H,5,14-17,36H2,1-4H3,(H,37,45). The first-order valence-corrected chi connectivity index (χ1v) is 15.5. The second-order valence-corrected chi connectivity index (χ2v) is 11.5. The molecule has 2 unspecified atom stereocenters. The second kappa shape index (κ2) is 14.3. The Hall–Kier alpha value is -4.88. The third-order valence-corrected chi connectivity index (χ3v) is 8.40. The number of urea groups is 1. The van der Waals surface area contributed by atoms with Crippen molar-refractivity contribution >= 4 is 45.8 Å². The van der Waals surface area contributed by atoms with Gasteiger partial charge in [-0.25, -0.2) is 18.8 Å². The molecule has 0 aliphatic carbocycles. The highest BCUT2D eigenvalue weighted by Crippen LogP contribution is 2.37. The Morgan fingerprint density at radius 3 is 2.38 bits per heavy atom. The molecule has 0 spiro atoms. The summed E-state index contributed by atoms with van der Waals surface area (Å²) in [6.45, 7) is 4.91. The van der Waals surface area contributed by atoms with Crippen LogP contribution in [0.3, 0.4) is 0 Å². The van der Waals surface area contributed by atoms with Crippen molar-refractivity contribution in [1.82, 2.24) is 14.6 Å². The van der Waals surface area contributed by atoms with Crippen LogP contribution < -0.4 is 36.0 Å². The SMILES string of the molecule is CCC(N)C(=O)N1CCN(n2c(C(C)N(C(=O)Nc3ccc(F)cc3)c3ccc(OC)cc3OC)nc3cc(Cl)ccc3c2=O)CC1. The highest BCUT2D eigenvalue weighted by molar-refractivity contribution is 6.31. The number of aromatic nitrogens is 2. The van der Waals surface area contributed by atoms with Crippen molar-refractivity contribution in [3.8, 4) is 11.5 Å². The number of benzene rings is 3. The van der Waals surface area contributed by atoms with E-state index in [0.29, 0.717) is 71.4 Å². The van der Waals surface area contributed by atoms with Gasteiger partial charge in [0.05, 0.1) is 56.0 Å². The van der Waals surface area contributed by atoms with Gasteiger partial charge in [-0.15, -0.1) is 0 Å². The zero-order valence-corrected chi connectivity index (χ0v) is 27.3. The molecule has 2 heterocycles. The Bertz CT molecular complexity index is 1830. The Morgan fingerprint density at radius 1 is 1.04 bits per heavy atom. The van der Waals surface area contributed by atoms with Crippen LogP contribution in [0.1, 0.15) is 32.1 Å². The van der Waals surface area contributed by atoms with E-state index < -0.39 is 23.9 Å². The number of anilines is 2. The van der Waals surface area contributed by atoms with Gasteiger partial charge in [-0.3, -0.25) is 14.5 Å². The lowest BCUT2D eigenvalue weighted by Crippen LogP contribution is -2.58. The highest BCUT2D eigenvalue weighted by atomic mass is 35.5. The number of fused-ring (bicyclic) bond motifs is 1. The molecule has 0 saturated carbocycles. The van der Waals surface area contributed by atoms with E-state index >= 15 is 0 Å². The van der Waals surface area contributed by atoms with E-state index in [-0.39, 0.29) is 17.3 Å². The number of nitrogens with two attached hydrogens (primary N) is 1. The fourth-order valence-corrected chi connectivity index (χ4v) is 5.71. The number of amides is 3. The van der Waals surface area contributed by atoms with E-state index in [9.17, 15) is 18.8 Å². The zero-order chi connectivity index (χ0) is 33.8. The van der Waals surface area contributed by atoms with Crippen molar-refractivity contribution in [2.24, 2.45) is 5.73 Å². The molecule has 3 amide bonds. The number of ether oxygens (including phenoxy) is 2. The lowest BCUT2D eigenvalue weighted by Gasteiger charge is -2.39. The van der Waals surface area contributed by atoms with Gasteiger partial charge in [-0.05, 0) is 67.9 Å². The lowest BCUT2D eigenvalue weighted by atomic mass is 10.1. The van der Waals surface area contributed by atoms with Crippen LogP contribution in [0, 0.1) is 5.82 Å². The molecule has 2 atom stereocenters. The maximum absolute atomic E-state index is 14.2. The molecular weight excluding hydrogens is 629 g/mol. The Kier molecular flexibility index (Phi) is 10.2. The summed E-state index contributed by atoms with van der Waals surface area (Å²) >= 11 is 6.32. The first kappa shape index (κ1) is 33.5. The average Bonchev–Trinajstić information content (AvgIpc) is 3.08. The van der Waals surface area contributed by atoms with Gasteiger partial charge in [-0.1, -0.05) is 18.5 Å². The van der Waals surface area contributed by atoms with Crippen molar-refractivity contribution < 1.29 is 23.5 Å². The molecule has 248 valence electrons. The maximum Gasteiger partial charge on any atom is 0.327 e. The van der Waals surface area contributed by atoms with Gasteiger partial charge >= 0.3 is 6.03 Å². The van der Waals surface area contributed by atoms with Gasteiger partial charge in [0, 0.05) is 29.9 Å². The molecule has 1 fully saturated rings. The summed E-state index contributed by atoms with van der Waals surface area (Å²) in [6, 6.07) is 13.1. The van der Waals surface area contributed by atoms with Crippen molar-refractivity contribution in [3.05, 3.63) is 87.7 Å². The second-order valence-electron chi connectivity index (χ2n) is 11.1. The van der Waals surface area contributed by atoms with Crippen molar-refractivity contribution in [1.29, 1.82) is 0 Å². The number of nitrogens with zero attached hydrogens (tertiary/aromatic N) is 5. The van der Waals surface area contributed by atoms with Gasteiger partial charge in [0.25, 0.3) is 5.56 Å². The van der Waals surface area contributed by atoms with Gasteiger partial charge in [0.2, 0.25) is 5.91 Å². The van der Waals surface area contributed by atoms with Gasteiger partial charge in [0.1, 0.15) is 17.3 Å². The summed E-state index contributed by atoms with van der Waals surface area (Å²) < 4.78 is 26.2. The number of nitrogens with one attached hydrogen (secondary N) is 1. The fourth-order valence-electron chi connectivity index (χ4n) is 5.55. The molecular formula is C33H37ClFN7O5. The normalized spacial score (nSPS) is 14.4. The topological polar surface area (TPSA) is 135 Å². The minimum atomic E-state index is -0.887. The molecule has 14 heteroatoms. The number of hydrogen-bond acceptors (Lipinski definition) is 8. The van der Waals surface area contributed by atoms with Crippen LogP contribution in [0.4, 0.5) is 20.6 Å². The van der Waals surface area contributed by atoms with E-state index in [2.05, 4.69) is 5.32 Å². The number of hydrogen-bond donors (Lipinski definition) is 2. The quantitative estimate of drug-likeness (QED) is 0.267. The summed E-state index contributed by atoms with van der Waals surface area (Å²) in [5.74, 6) is 0.466. The molecule has 12 nitrogen and oxygen atoms in total. The van der Waals surface area contributed by atoms with Crippen molar-refractivity contribution in [2.45, 2.75) is 32.4 Å². The number of rotatable bonds is 9. The monoisotopic (exact) mass is 665 g/mol. The van der Waals surface area contributed by atoms with Crippen molar-refractivity contribution in [3.63, 3.8) is 0 Å². The van der Waals surface area contributed by atoms with E-state index in [0.717, 1.165) is 0 Å². The molecule has 5 rings (SSSR count). The van der Waals surface area contributed by atoms with Crippen LogP contribution in [-0.2, 0) is 4.79 Å². The highest BCUT2D eigenvalue weighted by Gasteiger charge is 2.33. The first-order valence-electron chi connectivity index (χ1n) is 15.2. The predicted octanol–water partition coefficient (Wildman–Crippen LogP) is 4.52. The number of carbonyl (C=O) groups excluding carboxylic acids is 2. The van der Waals surface area contributed by atoms with Gasteiger partial charge < -0.3 is 30.4 Å². The Morgan fingerprint density at radius 2 is 1.74 bits per heavy atom. The van der Waals surface area contributed by atoms with E-state index in [1.807, 2.05) is 11.9 Å². The van der Waals surface area contributed by atoms with Gasteiger partial charge in [0.15, 0.2) is 5.82 Å². The van der Waals surface area contributed by atoms with Crippen LogP contribution in [0.5, 0.6) is 11.5 Å². The minimum absolute atomic E-state index is 0.144. The number of piperazine rings is 1. The number of halogens is 2. The molecule has 1 aliphatic rings. The van der Waals surface area contributed by atoms with E-state index in [1.54, 1.807) is 48.2 Å². The zero-order valence-electron chi connectivity index (χ0n) is 26.6. The molecule has 3 N–H and O–H groups in total. The molecule has 4 aromatic rings. The number of methoxy groups -OCH3 is 2. The molecule has 1 saturated heterocycles. The van der Waals surface area contributed by atoms with Gasteiger partial charge in [-0.2, -0.15) is 0 Å². The summed E-state index contributed by atoms with van der Waals surface area (Å²) in [7, 11) is 2.98. The summed E-state index contributed by atoms with van der Waals surface area (Å²) in [4.78, 5) is 49.2. The maximum atomic E-state index is 14.2. The molecule has 1 aliphatic heterocycles. The molecule has 0 radical (unpaired) electrons. The third kappa shape index (κ3) is 6.96. The summed E-state index contributed by atoms with van der Waals surface area (Å²) in [6.07, 6.45) is 0.516. The van der Waals surface area contributed by atoms with Crippen LogP contribution >= 0.6 is 11.6 Å². The fraction of sp³-hybridized carbons (Fsp3) is 0.333. The molecule has 1 aromatic heterocycles. The van der Waals surface area contributed by atoms with Crippen LogP contribution in [0.2, 0.25) is 5.02 Å². The predicted molar refractivity (Wildman–Crippen MR) is 180 cm³/mol. The molecule has 47 heavy (non-hydrogen) atoms. The summed E-state index contributed by atoms with van der Waals surface area (Å²) in [5, 5.41) is 5.36. The minimum Gasteiger partial charge on any atom is -0.497 e. The van der Waals surface area contributed by atoms with Crippen LogP contribution in [0.25, 0.3) is 10.9 Å². The number of carbonyl (C=O) groups is 2. The first-order chi connectivity index (χ1) is 22.6. The Balaban J connectivity index is 1.64. The largest absolute Gasteiger partial charge is 0.497 e. The van der Waals surface area contributed by atoms with Crippen LogP contribution in [0.15, 0.2) is 65.5 Å². The van der Waals surface area contributed by atoms with Crippen molar-refractivity contribution in [2.75, 3.05) is 55.6 Å². The van der Waals surface area contributed by atoms with Crippen LogP contribution in [-0.4, -0.2) is 72.9 Å². The Labute approximate surface area is 276 Å². The van der Waals surface area contributed by atoms with E-state index in [1.165, 1.54) is 48.1 Å². The molecule has 3 aromatic carbocycles.